The van der Waals surface area contributed by atoms with E-state index in [-0.39, 0.29) is 5.69 Å². The van der Waals surface area contributed by atoms with E-state index in [1.54, 1.807) is 0 Å². The Hall–Kier alpha value is -1.49. The fraction of sp³-hybridized carbons (Fsp3) is 0.385. The lowest BCUT2D eigenvalue weighted by Crippen LogP contribution is -2.43. The van der Waals surface area contributed by atoms with E-state index in [4.69, 9.17) is 11.6 Å². The zero-order valence-electron chi connectivity index (χ0n) is 10.00. The first-order valence-corrected chi connectivity index (χ1v) is 6.46. The average molecular weight is 285 g/mol. The molecule has 0 saturated heterocycles. The highest BCUT2D eigenvalue weighted by Crippen LogP contribution is 2.40. The Balaban J connectivity index is 2.03. The van der Waals surface area contributed by atoms with Gasteiger partial charge in [-0.15, -0.1) is 11.6 Å². The summed E-state index contributed by atoms with van der Waals surface area (Å²) in [4.78, 5) is 11.2. The van der Waals surface area contributed by atoms with Gasteiger partial charge in [-0.2, -0.15) is 10.1 Å². The van der Waals surface area contributed by atoms with Crippen LogP contribution in [0, 0.1) is 11.6 Å². The summed E-state index contributed by atoms with van der Waals surface area (Å²) in [5, 5.41) is 5.09. The minimum absolute atomic E-state index is 0.0617. The third kappa shape index (κ3) is 1.84. The summed E-state index contributed by atoms with van der Waals surface area (Å²) in [5.74, 6) is -1.97. The molecule has 0 spiro atoms. The molecule has 0 radical (unpaired) electrons. The number of anilines is 1. The van der Waals surface area contributed by atoms with Gasteiger partial charge in [-0.05, 0) is 31.4 Å². The number of nitrogens with zero attached hydrogens (tertiary/aromatic N) is 2. The second-order valence-corrected chi connectivity index (χ2v) is 5.41. The van der Waals surface area contributed by atoms with E-state index < -0.39 is 22.4 Å². The predicted octanol–water partition coefficient (Wildman–Crippen LogP) is 3.22. The number of fused-ring (bicyclic) bond motifs is 1. The maximum Gasteiger partial charge on any atom is 0.274 e. The molecule has 1 aromatic rings. The zero-order valence-corrected chi connectivity index (χ0v) is 10.8. The van der Waals surface area contributed by atoms with Crippen molar-refractivity contribution in [3.8, 4) is 0 Å². The fourth-order valence-corrected chi connectivity index (χ4v) is 2.86. The molecule has 0 bridgehead atoms. The number of hydrogen-bond donors (Lipinski definition) is 0. The van der Waals surface area contributed by atoms with Crippen molar-refractivity contribution in [3.63, 3.8) is 0 Å². The summed E-state index contributed by atoms with van der Waals surface area (Å²) < 4.78 is 26.6. The summed E-state index contributed by atoms with van der Waals surface area (Å²) in [6.07, 6.45) is 2.90. The molecule has 3 rings (SSSR count). The first kappa shape index (κ1) is 12.5. The number of benzene rings is 1. The van der Waals surface area contributed by atoms with E-state index in [1.165, 1.54) is 6.07 Å². The van der Waals surface area contributed by atoms with Crippen LogP contribution in [0.15, 0.2) is 23.3 Å². The van der Waals surface area contributed by atoms with E-state index in [0.717, 1.165) is 30.0 Å². The number of alkyl halides is 1. The van der Waals surface area contributed by atoms with Crippen molar-refractivity contribution in [1.29, 1.82) is 0 Å². The predicted molar refractivity (Wildman–Crippen MR) is 68.3 cm³/mol. The highest BCUT2D eigenvalue weighted by atomic mass is 35.5. The number of carbonyl (C=O) groups excluding carboxylic acids is 1. The second kappa shape index (κ2) is 4.27. The second-order valence-electron chi connectivity index (χ2n) is 4.77. The summed E-state index contributed by atoms with van der Waals surface area (Å²) in [5.41, 5.74) is 0.516. The molecule has 19 heavy (non-hydrogen) atoms. The van der Waals surface area contributed by atoms with Crippen LogP contribution in [0.3, 0.4) is 0 Å². The third-order valence-electron chi connectivity index (χ3n) is 3.53. The molecule has 1 aromatic carbocycles. The Bertz CT molecular complexity index is 590. The van der Waals surface area contributed by atoms with Gasteiger partial charge in [-0.3, -0.25) is 4.79 Å². The summed E-state index contributed by atoms with van der Waals surface area (Å²) in [6, 6.07) is 3.02. The number of amides is 1. The topological polar surface area (TPSA) is 32.7 Å². The third-order valence-corrected chi connectivity index (χ3v) is 4.10. The highest BCUT2D eigenvalue weighted by Gasteiger charge is 2.51. The van der Waals surface area contributed by atoms with Gasteiger partial charge in [0.2, 0.25) is 0 Å². The minimum atomic E-state index is -1.14. The van der Waals surface area contributed by atoms with Crippen LogP contribution in [0.2, 0.25) is 0 Å². The largest absolute Gasteiger partial charge is 0.274 e. The number of halogens is 3. The summed E-state index contributed by atoms with van der Waals surface area (Å²) in [6.45, 7) is 0. The maximum atomic E-state index is 13.7. The molecule has 1 aliphatic carbocycles. The van der Waals surface area contributed by atoms with Crippen LogP contribution in [0.25, 0.3) is 0 Å². The van der Waals surface area contributed by atoms with Crippen molar-refractivity contribution in [2.45, 2.75) is 30.6 Å². The van der Waals surface area contributed by atoms with Crippen LogP contribution >= 0.6 is 11.6 Å². The first-order valence-electron chi connectivity index (χ1n) is 6.09. The number of hydrogen-bond acceptors (Lipinski definition) is 2. The van der Waals surface area contributed by atoms with Gasteiger partial charge in [0.25, 0.3) is 5.91 Å². The summed E-state index contributed by atoms with van der Waals surface area (Å²) in [7, 11) is 0. The van der Waals surface area contributed by atoms with E-state index in [2.05, 4.69) is 5.10 Å². The molecular formula is C13H11ClF2N2O. The van der Waals surface area contributed by atoms with Gasteiger partial charge in [0.1, 0.15) is 11.5 Å². The zero-order chi connectivity index (χ0) is 13.6. The van der Waals surface area contributed by atoms with Crippen molar-refractivity contribution in [2.75, 3.05) is 5.01 Å². The van der Waals surface area contributed by atoms with Crippen LogP contribution in [-0.4, -0.2) is 16.5 Å². The summed E-state index contributed by atoms with van der Waals surface area (Å²) >= 11 is 6.33. The van der Waals surface area contributed by atoms with Crippen LogP contribution in [-0.2, 0) is 4.79 Å². The van der Waals surface area contributed by atoms with Gasteiger partial charge < -0.3 is 0 Å². The molecule has 1 fully saturated rings. The van der Waals surface area contributed by atoms with E-state index in [0.29, 0.717) is 18.6 Å². The van der Waals surface area contributed by atoms with E-state index >= 15 is 0 Å². The van der Waals surface area contributed by atoms with Crippen LogP contribution in [0.5, 0.6) is 0 Å². The Morgan fingerprint density at radius 1 is 1.32 bits per heavy atom. The number of rotatable bonds is 1. The van der Waals surface area contributed by atoms with Crippen LogP contribution < -0.4 is 5.01 Å². The quantitative estimate of drug-likeness (QED) is 0.729. The minimum Gasteiger partial charge on any atom is -0.270 e. The molecule has 1 saturated carbocycles. The van der Waals surface area contributed by atoms with E-state index in [1.807, 2.05) is 0 Å². The van der Waals surface area contributed by atoms with Gasteiger partial charge in [0, 0.05) is 6.07 Å². The van der Waals surface area contributed by atoms with Gasteiger partial charge in [-0.1, -0.05) is 6.42 Å². The normalized spacial score (nSPS) is 26.4. The molecule has 2 aliphatic rings. The highest BCUT2D eigenvalue weighted by molar-refractivity contribution is 6.51. The molecule has 100 valence electrons. The molecule has 0 N–H and O–H groups in total. The molecule has 6 heteroatoms. The molecule has 1 atom stereocenters. The Morgan fingerprint density at radius 2 is 2.11 bits per heavy atom. The molecule has 1 heterocycles. The smallest absolute Gasteiger partial charge is 0.270 e. The molecule has 3 nitrogen and oxygen atoms in total. The average Bonchev–Trinajstić information content (AvgIpc) is 2.63. The van der Waals surface area contributed by atoms with Crippen molar-refractivity contribution >= 4 is 28.9 Å². The van der Waals surface area contributed by atoms with Gasteiger partial charge >= 0.3 is 0 Å². The van der Waals surface area contributed by atoms with E-state index in [9.17, 15) is 13.6 Å². The Kier molecular flexibility index (Phi) is 2.82. The Labute approximate surface area is 113 Å². The van der Waals surface area contributed by atoms with Crippen LogP contribution in [0.4, 0.5) is 14.5 Å². The lowest BCUT2D eigenvalue weighted by atomic mass is 9.86. The lowest BCUT2D eigenvalue weighted by molar-refractivity contribution is -0.119. The fourth-order valence-electron chi connectivity index (χ4n) is 2.51. The molecule has 1 unspecified atom stereocenters. The molecule has 1 aliphatic heterocycles. The molecular weight excluding hydrogens is 274 g/mol. The van der Waals surface area contributed by atoms with Gasteiger partial charge in [-0.25, -0.2) is 8.78 Å². The first-order chi connectivity index (χ1) is 9.02. The molecule has 0 aromatic heterocycles. The van der Waals surface area contributed by atoms with Crippen molar-refractivity contribution < 1.29 is 13.6 Å². The van der Waals surface area contributed by atoms with Crippen molar-refractivity contribution in [2.24, 2.45) is 5.10 Å². The monoisotopic (exact) mass is 284 g/mol. The van der Waals surface area contributed by atoms with Crippen molar-refractivity contribution in [1.82, 2.24) is 0 Å². The standard InChI is InChI=1S/C13H11ClF2N2O/c14-13-6-2-1-3-11(13)17-18(12(13)19)10-5-4-8(15)7-9(10)16/h4-5,7H,1-3,6H2. The Morgan fingerprint density at radius 3 is 2.79 bits per heavy atom. The SMILES string of the molecule is O=C1N(c2ccc(F)cc2F)N=C2CCCCC12Cl. The van der Waals surface area contributed by atoms with Crippen LogP contribution in [0.1, 0.15) is 25.7 Å². The maximum absolute atomic E-state index is 13.7. The van der Waals surface area contributed by atoms with Crippen molar-refractivity contribution in [3.05, 3.63) is 29.8 Å². The van der Waals surface area contributed by atoms with Gasteiger partial charge in [0.15, 0.2) is 10.7 Å². The number of hydrazone groups is 1. The lowest BCUT2D eigenvalue weighted by Gasteiger charge is -2.25. The van der Waals surface area contributed by atoms with Gasteiger partial charge in [0.05, 0.1) is 5.71 Å². The molecule has 1 amide bonds. The number of carbonyl (C=O) groups is 1.